The summed E-state index contributed by atoms with van der Waals surface area (Å²) < 4.78 is 4.94. The second kappa shape index (κ2) is 4.34. The molecule has 3 heteroatoms. The van der Waals surface area contributed by atoms with Gasteiger partial charge in [0.25, 0.3) is 0 Å². The molecule has 0 aliphatic carbocycles. The molecule has 63 valence electrons. The summed E-state index contributed by atoms with van der Waals surface area (Å²) in [6.45, 7) is 3.34. The van der Waals surface area contributed by atoms with Gasteiger partial charge in [-0.15, -0.1) is 0 Å². The molecule has 0 N–H and O–H groups in total. The molecule has 11 heavy (non-hydrogen) atoms. The van der Waals surface area contributed by atoms with Crippen molar-refractivity contribution in [3.8, 4) is 0 Å². The Morgan fingerprint density at radius 3 is 3.09 bits per heavy atom. The monoisotopic (exact) mass is 156 g/mol. The van der Waals surface area contributed by atoms with E-state index in [2.05, 4.69) is 5.32 Å². The number of rotatable bonds is 3. The quantitative estimate of drug-likeness (QED) is 0.564. The summed E-state index contributed by atoms with van der Waals surface area (Å²) in [6, 6.07) is -0.151. The Morgan fingerprint density at radius 2 is 2.55 bits per heavy atom. The average Bonchev–Trinajstić information content (AvgIpc) is 2.52. The predicted octanol–water partition coefficient (Wildman–Crippen LogP) is 0.706. The highest BCUT2D eigenvalue weighted by Crippen LogP contribution is 2.08. The molecule has 0 aromatic heterocycles. The molecular formula is C8H14NO2. The first-order valence-corrected chi connectivity index (χ1v) is 4.18. The van der Waals surface area contributed by atoms with Gasteiger partial charge in [-0.05, 0) is 19.3 Å². The molecule has 1 aliphatic rings. The summed E-state index contributed by atoms with van der Waals surface area (Å²) in [5.74, 6) is -0.135. The Hall–Kier alpha value is -0.570. The summed E-state index contributed by atoms with van der Waals surface area (Å²) in [6.07, 6.45) is 2.80. The fraction of sp³-hybridized carbons (Fsp3) is 0.875. The molecule has 0 saturated carbocycles. The molecule has 1 radical (unpaired) electrons. The van der Waals surface area contributed by atoms with E-state index in [1.165, 1.54) is 0 Å². The third kappa shape index (κ3) is 2.50. The van der Waals surface area contributed by atoms with Crippen LogP contribution >= 0.6 is 0 Å². The SMILES string of the molecule is CCCOC(=O)C1CCC[N]1. The standard InChI is InChI=1S/C8H14NO2/c1-2-6-11-8(10)7-4-3-5-9-7/h7H,2-6H2,1H3. The third-order valence-corrected chi connectivity index (χ3v) is 1.71. The molecule has 0 aromatic carbocycles. The Morgan fingerprint density at radius 1 is 1.73 bits per heavy atom. The van der Waals surface area contributed by atoms with E-state index < -0.39 is 0 Å². The highest BCUT2D eigenvalue weighted by Gasteiger charge is 2.24. The lowest BCUT2D eigenvalue weighted by atomic mass is 10.2. The van der Waals surface area contributed by atoms with Crippen LogP contribution in [0.25, 0.3) is 0 Å². The third-order valence-electron chi connectivity index (χ3n) is 1.71. The average molecular weight is 156 g/mol. The summed E-state index contributed by atoms with van der Waals surface area (Å²) in [7, 11) is 0. The molecule has 0 spiro atoms. The van der Waals surface area contributed by atoms with Crippen LogP contribution in [0.4, 0.5) is 0 Å². The Bertz CT molecular complexity index is 130. The smallest absolute Gasteiger partial charge is 0.324 e. The minimum Gasteiger partial charge on any atom is -0.464 e. The first kappa shape index (κ1) is 8.53. The summed E-state index contributed by atoms with van der Waals surface area (Å²) in [5, 5.41) is 4.11. The van der Waals surface area contributed by atoms with E-state index in [4.69, 9.17) is 4.74 Å². The minimum atomic E-state index is -0.151. The lowest BCUT2D eigenvalue weighted by Gasteiger charge is -2.07. The fourth-order valence-electron chi connectivity index (χ4n) is 1.11. The van der Waals surface area contributed by atoms with Crippen molar-refractivity contribution in [2.75, 3.05) is 13.2 Å². The molecule has 1 unspecified atom stereocenters. The highest BCUT2D eigenvalue weighted by atomic mass is 16.5. The van der Waals surface area contributed by atoms with Crippen LogP contribution in [-0.2, 0) is 9.53 Å². The first-order valence-electron chi connectivity index (χ1n) is 4.18. The van der Waals surface area contributed by atoms with Crippen LogP contribution in [0.15, 0.2) is 0 Å². The van der Waals surface area contributed by atoms with E-state index in [-0.39, 0.29) is 12.0 Å². The molecule has 1 heterocycles. The molecule has 1 rings (SSSR count). The van der Waals surface area contributed by atoms with Crippen molar-refractivity contribution in [1.82, 2.24) is 5.32 Å². The van der Waals surface area contributed by atoms with Crippen LogP contribution in [0.1, 0.15) is 26.2 Å². The van der Waals surface area contributed by atoms with Crippen LogP contribution in [0.2, 0.25) is 0 Å². The maximum atomic E-state index is 11.1. The lowest BCUT2D eigenvalue weighted by molar-refractivity contribution is -0.145. The molecule has 0 bridgehead atoms. The van der Waals surface area contributed by atoms with Crippen LogP contribution in [0, 0.1) is 0 Å². The number of hydrogen-bond acceptors (Lipinski definition) is 2. The van der Waals surface area contributed by atoms with E-state index in [0.717, 1.165) is 25.8 Å². The molecule has 1 atom stereocenters. The minimum absolute atomic E-state index is 0.135. The normalized spacial score (nSPS) is 23.5. The highest BCUT2D eigenvalue weighted by molar-refractivity contribution is 5.75. The molecule has 3 nitrogen and oxygen atoms in total. The van der Waals surface area contributed by atoms with Gasteiger partial charge in [-0.3, -0.25) is 4.79 Å². The Labute approximate surface area is 67.1 Å². The topological polar surface area (TPSA) is 40.4 Å². The zero-order valence-corrected chi connectivity index (χ0v) is 6.88. The van der Waals surface area contributed by atoms with Gasteiger partial charge < -0.3 is 4.74 Å². The number of ether oxygens (including phenoxy) is 1. The summed E-state index contributed by atoms with van der Waals surface area (Å²) >= 11 is 0. The summed E-state index contributed by atoms with van der Waals surface area (Å²) in [4.78, 5) is 11.1. The van der Waals surface area contributed by atoms with Gasteiger partial charge in [0.2, 0.25) is 0 Å². The van der Waals surface area contributed by atoms with Gasteiger partial charge in [-0.2, -0.15) is 0 Å². The lowest BCUT2D eigenvalue weighted by Crippen LogP contribution is -2.27. The van der Waals surface area contributed by atoms with Crippen molar-refractivity contribution in [3.05, 3.63) is 0 Å². The molecule has 1 fully saturated rings. The first-order chi connectivity index (χ1) is 5.34. The number of hydrogen-bond donors (Lipinski definition) is 0. The van der Waals surface area contributed by atoms with E-state index in [1.807, 2.05) is 6.92 Å². The maximum Gasteiger partial charge on any atom is 0.324 e. The van der Waals surface area contributed by atoms with Gasteiger partial charge in [0.15, 0.2) is 0 Å². The van der Waals surface area contributed by atoms with Gasteiger partial charge >= 0.3 is 5.97 Å². The second-order valence-electron chi connectivity index (χ2n) is 2.73. The van der Waals surface area contributed by atoms with Crippen LogP contribution < -0.4 is 5.32 Å². The number of nitrogens with zero attached hydrogens (tertiary/aromatic N) is 1. The van der Waals surface area contributed by atoms with Crippen LogP contribution in [0.5, 0.6) is 0 Å². The van der Waals surface area contributed by atoms with E-state index in [1.54, 1.807) is 0 Å². The van der Waals surface area contributed by atoms with E-state index in [0.29, 0.717) is 6.61 Å². The predicted molar refractivity (Wildman–Crippen MR) is 41.3 cm³/mol. The van der Waals surface area contributed by atoms with Crippen LogP contribution in [-0.4, -0.2) is 25.2 Å². The van der Waals surface area contributed by atoms with Crippen molar-refractivity contribution >= 4 is 5.97 Å². The molecule has 0 aromatic rings. The van der Waals surface area contributed by atoms with E-state index in [9.17, 15) is 4.79 Å². The molecule has 1 saturated heterocycles. The Kier molecular flexibility index (Phi) is 3.36. The Balaban J connectivity index is 2.17. The van der Waals surface area contributed by atoms with Gasteiger partial charge in [0.05, 0.1) is 6.61 Å². The van der Waals surface area contributed by atoms with Gasteiger partial charge in [0.1, 0.15) is 6.04 Å². The van der Waals surface area contributed by atoms with Crippen molar-refractivity contribution in [1.29, 1.82) is 0 Å². The molecular weight excluding hydrogens is 142 g/mol. The fourth-order valence-corrected chi connectivity index (χ4v) is 1.11. The molecule has 1 aliphatic heterocycles. The molecule has 0 amide bonds. The zero-order chi connectivity index (χ0) is 8.10. The largest absolute Gasteiger partial charge is 0.464 e. The van der Waals surface area contributed by atoms with Gasteiger partial charge in [0, 0.05) is 6.54 Å². The van der Waals surface area contributed by atoms with Crippen LogP contribution in [0.3, 0.4) is 0 Å². The van der Waals surface area contributed by atoms with Crippen molar-refractivity contribution in [2.24, 2.45) is 0 Å². The number of carbonyl (C=O) groups is 1. The summed E-state index contributed by atoms with van der Waals surface area (Å²) in [5.41, 5.74) is 0. The second-order valence-corrected chi connectivity index (χ2v) is 2.73. The zero-order valence-electron chi connectivity index (χ0n) is 6.88. The number of esters is 1. The van der Waals surface area contributed by atoms with Crippen molar-refractivity contribution in [2.45, 2.75) is 32.2 Å². The van der Waals surface area contributed by atoms with Gasteiger partial charge in [-0.25, -0.2) is 5.32 Å². The van der Waals surface area contributed by atoms with Crippen molar-refractivity contribution in [3.63, 3.8) is 0 Å². The van der Waals surface area contributed by atoms with Gasteiger partial charge in [-0.1, -0.05) is 6.92 Å². The number of carbonyl (C=O) groups excluding carboxylic acids is 1. The maximum absolute atomic E-state index is 11.1. The van der Waals surface area contributed by atoms with Crippen molar-refractivity contribution < 1.29 is 9.53 Å². The van der Waals surface area contributed by atoms with E-state index >= 15 is 0 Å².